The molecule has 2 aromatic rings. The number of amides is 1. The number of likely N-dealkylation sites (N-methyl/N-ethyl adjacent to an activating group) is 1. The fraction of sp³-hybridized carbons (Fsp3) is 0.412. The van der Waals surface area contributed by atoms with Crippen molar-refractivity contribution in [3.05, 3.63) is 48.2 Å². The van der Waals surface area contributed by atoms with Crippen molar-refractivity contribution in [1.29, 1.82) is 0 Å². The second-order valence-corrected chi connectivity index (χ2v) is 5.73. The number of aromatic nitrogens is 3. The molecule has 3 rings (SSSR count). The number of nitrogens with one attached hydrogen (secondary N) is 1. The highest BCUT2D eigenvalue weighted by atomic mass is 16.2. The zero-order valence-corrected chi connectivity index (χ0v) is 13.9. The van der Waals surface area contributed by atoms with Crippen LogP contribution < -0.4 is 5.32 Å². The smallest absolute Gasteiger partial charge is 0.274 e. The van der Waals surface area contributed by atoms with Crippen LogP contribution in [0.3, 0.4) is 0 Å². The van der Waals surface area contributed by atoms with Gasteiger partial charge in [0.05, 0.1) is 12.4 Å². The molecule has 1 saturated heterocycles. The summed E-state index contributed by atoms with van der Waals surface area (Å²) in [6, 6.07) is 3.88. The lowest BCUT2D eigenvalue weighted by atomic mass is 10.3. The third-order valence-corrected chi connectivity index (χ3v) is 4.17. The number of hydrogen-bond acceptors (Lipinski definition) is 6. The number of carbonyl (C=O) groups excluding carboxylic acids is 1. The zero-order valence-electron chi connectivity index (χ0n) is 13.9. The van der Waals surface area contributed by atoms with E-state index in [-0.39, 0.29) is 5.91 Å². The van der Waals surface area contributed by atoms with Crippen molar-refractivity contribution in [2.75, 3.05) is 38.0 Å². The highest BCUT2D eigenvalue weighted by Gasteiger charge is 2.22. The molecule has 0 bridgehead atoms. The van der Waals surface area contributed by atoms with Crippen LogP contribution in [0.2, 0.25) is 0 Å². The Morgan fingerprint density at radius 3 is 2.62 bits per heavy atom. The van der Waals surface area contributed by atoms with Gasteiger partial charge in [0.25, 0.3) is 5.91 Å². The van der Waals surface area contributed by atoms with E-state index in [1.54, 1.807) is 24.8 Å². The molecule has 7 heteroatoms. The fourth-order valence-corrected chi connectivity index (χ4v) is 2.65. The molecular formula is C17H22N6O. The maximum absolute atomic E-state index is 12.5. The molecule has 0 unspecified atom stereocenters. The molecule has 1 amide bonds. The molecule has 7 nitrogen and oxygen atoms in total. The Morgan fingerprint density at radius 2 is 2.00 bits per heavy atom. The highest BCUT2D eigenvalue weighted by molar-refractivity contribution is 5.92. The lowest BCUT2D eigenvalue weighted by molar-refractivity contribution is 0.0637. The average molecular weight is 326 g/mol. The molecule has 1 fully saturated rings. The molecule has 2 aromatic heterocycles. The van der Waals surface area contributed by atoms with E-state index < -0.39 is 0 Å². The van der Waals surface area contributed by atoms with E-state index >= 15 is 0 Å². The van der Waals surface area contributed by atoms with Gasteiger partial charge in [0, 0.05) is 45.1 Å². The van der Waals surface area contributed by atoms with E-state index in [1.807, 2.05) is 17.0 Å². The Balaban J connectivity index is 1.55. The quantitative estimate of drug-likeness (QED) is 0.892. The van der Waals surface area contributed by atoms with E-state index in [1.165, 1.54) is 0 Å². The molecule has 0 radical (unpaired) electrons. The lowest BCUT2D eigenvalue weighted by Gasteiger charge is -2.33. The third-order valence-electron chi connectivity index (χ3n) is 4.17. The summed E-state index contributed by atoms with van der Waals surface area (Å²) < 4.78 is 0. The summed E-state index contributed by atoms with van der Waals surface area (Å²) in [5.41, 5.74) is 1.46. The van der Waals surface area contributed by atoms with Gasteiger partial charge in [0.1, 0.15) is 11.5 Å². The summed E-state index contributed by atoms with van der Waals surface area (Å²) >= 11 is 0. The molecule has 1 aliphatic heterocycles. The summed E-state index contributed by atoms with van der Waals surface area (Å²) in [7, 11) is 0. The van der Waals surface area contributed by atoms with E-state index in [4.69, 9.17) is 0 Å². The van der Waals surface area contributed by atoms with Crippen molar-refractivity contribution in [2.24, 2.45) is 0 Å². The van der Waals surface area contributed by atoms with Crippen LogP contribution in [0.4, 0.5) is 5.82 Å². The number of rotatable bonds is 5. The molecule has 0 aliphatic carbocycles. The molecule has 3 heterocycles. The lowest BCUT2D eigenvalue weighted by Crippen LogP contribution is -2.48. The van der Waals surface area contributed by atoms with Crippen LogP contribution in [-0.4, -0.2) is 63.4 Å². The highest BCUT2D eigenvalue weighted by Crippen LogP contribution is 2.09. The van der Waals surface area contributed by atoms with Crippen molar-refractivity contribution in [3.8, 4) is 0 Å². The molecule has 0 saturated carbocycles. The van der Waals surface area contributed by atoms with E-state index in [9.17, 15) is 4.79 Å². The fourth-order valence-electron chi connectivity index (χ4n) is 2.65. The first-order chi connectivity index (χ1) is 11.8. The number of carbonyl (C=O) groups is 1. The number of hydrogen-bond donors (Lipinski definition) is 1. The van der Waals surface area contributed by atoms with Gasteiger partial charge in [0.2, 0.25) is 0 Å². The van der Waals surface area contributed by atoms with Gasteiger partial charge in [-0.05, 0) is 18.2 Å². The van der Waals surface area contributed by atoms with Gasteiger partial charge < -0.3 is 15.1 Å². The first-order valence-corrected chi connectivity index (χ1v) is 8.22. The van der Waals surface area contributed by atoms with E-state index in [0.717, 1.165) is 38.3 Å². The molecule has 126 valence electrons. The van der Waals surface area contributed by atoms with Crippen molar-refractivity contribution in [2.45, 2.75) is 13.5 Å². The van der Waals surface area contributed by atoms with Crippen LogP contribution in [0.5, 0.6) is 0 Å². The van der Waals surface area contributed by atoms with Crippen LogP contribution in [0, 0.1) is 0 Å². The van der Waals surface area contributed by atoms with Gasteiger partial charge in [-0.3, -0.25) is 9.78 Å². The van der Waals surface area contributed by atoms with Gasteiger partial charge in [-0.2, -0.15) is 0 Å². The maximum atomic E-state index is 12.5. The van der Waals surface area contributed by atoms with Crippen LogP contribution in [0.1, 0.15) is 23.0 Å². The van der Waals surface area contributed by atoms with Crippen LogP contribution in [0.25, 0.3) is 0 Å². The molecule has 1 N–H and O–H groups in total. The van der Waals surface area contributed by atoms with Crippen LogP contribution in [0.15, 0.2) is 36.9 Å². The van der Waals surface area contributed by atoms with Crippen molar-refractivity contribution in [3.63, 3.8) is 0 Å². The molecule has 0 spiro atoms. The Hall–Kier alpha value is -2.54. The second-order valence-electron chi connectivity index (χ2n) is 5.73. The predicted octanol–water partition coefficient (Wildman–Crippen LogP) is 1.26. The zero-order chi connectivity index (χ0) is 16.8. The SMILES string of the molecule is CCN1CCN(C(=O)c2cnc(NCc3cccnc3)cn2)CC1. The maximum Gasteiger partial charge on any atom is 0.274 e. The van der Waals surface area contributed by atoms with Crippen molar-refractivity contribution in [1.82, 2.24) is 24.8 Å². The van der Waals surface area contributed by atoms with E-state index in [0.29, 0.717) is 18.1 Å². The third kappa shape index (κ3) is 4.05. The van der Waals surface area contributed by atoms with Crippen LogP contribution >= 0.6 is 0 Å². The molecule has 24 heavy (non-hydrogen) atoms. The van der Waals surface area contributed by atoms with Gasteiger partial charge in [-0.1, -0.05) is 13.0 Å². The molecule has 0 aromatic carbocycles. The Morgan fingerprint density at radius 1 is 1.17 bits per heavy atom. The van der Waals surface area contributed by atoms with Gasteiger partial charge in [-0.25, -0.2) is 9.97 Å². The molecule has 0 atom stereocenters. The normalized spacial score (nSPS) is 15.3. The summed E-state index contributed by atoms with van der Waals surface area (Å²) in [6.07, 6.45) is 6.68. The summed E-state index contributed by atoms with van der Waals surface area (Å²) in [5, 5.41) is 3.17. The van der Waals surface area contributed by atoms with Gasteiger partial charge >= 0.3 is 0 Å². The monoisotopic (exact) mass is 326 g/mol. The minimum absolute atomic E-state index is 0.0444. The Kier molecular flexibility index (Phi) is 5.32. The summed E-state index contributed by atoms with van der Waals surface area (Å²) in [6.45, 7) is 7.11. The largest absolute Gasteiger partial charge is 0.365 e. The van der Waals surface area contributed by atoms with E-state index in [2.05, 4.69) is 32.1 Å². The average Bonchev–Trinajstić information content (AvgIpc) is 2.67. The number of pyridine rings is 1. The predicted molar refractivity (Wildman–Crippen MR) is 91.6 cm³/mol. The number of anilines is 1. The summed E-state index contributed by atoms with van der Waals surface area (Å²) in [5.74, 6) is 0.600. The minimum Gasteiger partial charge on any atom is -0.365 e. The van der Waals surface area contributed by atoms with Gasteiger partial charge in [-0.15, -0.1) is 0 Å². The first-order valence-electron chi connectivity index (χ1n) is 8.22. The number of piperazine rings is 1. The summed E-state index contributed by atoms with van der Waals surface area (Å²) in [4.78, 5) is 29.3. The Labute approximate surface area is 141 Å². The minimum atomic E-state index is -0.0444. The van der Waals surface area contributed by atoms with Gasteiger partial charge in [0.15, 0.2) is 0 Å². The first kappa shape index (κ1) is 16.3. The van der Waals surface area contributed by atoms with Crippen molar-refractivity contribution < 1.29 is 4.79 Å². The topological polar surface area (TPSA) is 74.2 Å². The number of nitrogens with zero attached hydrogens (tertiary/aromatic N) is 5. The van der Waals surface area contributed by atoms with Crippen LogP contribution in [-0.2, 0) is 6.54 Å². The molecular weight excluding hydrogens is 304 g/mol. The standard InChI is InChI=1S/C17H22N6O/c1-2-22-6-8-23(9-7-22)17(24)15-12-21-16(13-19-15)20-11-14-4-3-5-18-10-14/h3-5,10,12-13H,2,6-9,11H2,1H3,(H,20,21). The Bertz CT molecular complexity index is 653. The van der Waals surface area contributed by atoms with Crippen molar-refractivity contribution >= 4 is 11.7 Å². The molecule has 1 aliphatic rings. The second kappa shape index (κ2) is 7.83.